The van der Waals surface area contributed by atoms with Crippen LogP contribution < -0.4 is 0 Å². The highest BCUT2D eigenvalue weighted by atomic mass is 32.2. The molecule has 27 heavy (non-hydrogen) atoms. The lowest BCUT2D eigenvalue weighted by atomic mass is 9.99. The summed E-state index contributed by atoms with van der Waals surface area (Å²) in [7, 11) is -3.54. The zero-order valence-electron chi connectivity index (χ0n) is 15.7. The molecule has 3 rings (SSSR count). The van der Waals surface area contributed by atoms with Crippen LogP contribution in [-0.4, -0.2) is 54.7 Å². The summed E-state index contributed by atoms with van der Waals surface area (Å²) in [5, 5.41) is 0. The topological polar surface area (TPSA) is 70.6 Å². The van der Waals surface area contributed by atoms with E-state index >= 15 is 0 Å². The quantitative estimate of drug-likeness (QED) is 0.791. The molecule has 2 heterocycles. The minimum atomic E-state index is -3.54. The maximum absolute atomic E-state index is 12.9. The number of rotatable bonds is 5. The Balaban J connectivity index is 1.67. The van der Waals surface area contributed by atoms with Gasteiger partial charge in [-0.1, -0.05) is 26.0 Å². The third-order valence-corrected chi connectivity index (χ3v) is 7.05. The second kappa shape index (κ2) is 8.19. The SMILES string of the molecule is CC[C@H](C)c1ccc(S(=O)(=O)N2CCN(C(=O)c3cccnc3)CC2)cc1. The Hall–Kier alpha value is -2.25. The highest BCUT2D eigenvalue weighted by Gasteiger charge is 2.30. The van der Waals surface area contributed by atoms with Gasteiger partial charge in [0.15, 0.2) is 0 Å². The molecule has 0 radical (unpaired) electrons. The van der Waals surface area contributed by atoms with Gasteiger partial charge in [0, 0.05) is 38.6 Å². The molecule has 1 aliphatic heterocycles. The van der Waals surface area contributed by atoms with Gasteiger partial charge in [-0.05, 0) is 42.2 Å². The van der Waals surface area contributed by atoms with Gasteiger partial charge in [-0.25, -0.2) is 8.42 Å². The van der Waals surface area contributed by atoms with Crippen molar-refractivity contribution in [2.75, 3.05) is 26.2 Å². The molecule has 7 heteroatoms. The molecule has 1 aromatic carbocycles. The minimum Gasteiger partial charge on any atom is -0.336 e. The molecule has 144 valence electrons. The van der Waals surface area contributed by atoms with Crippen molar-refractivity contribution in [2.24, 2.45) is 0 Å². The van der Waals surface area contributed by atoms with Gasteiger partial charge in [0.05, 0.1) is 10.5 Å². The third kappa shape index (κ3) is 4.20. The highest BCUT2D eigenvalue weighted by Crippen LogP contribution is 2.23. The van der Waals surface area contributed by atoms with Crippen molar-refractivity contribution < 1.29 is 13.2 Å². The number of piperazine rings is 1. The Kier molecular flexibility index (Phi) is 5.92. The number of carbonyl (C=O) groups excluding carboxylic acids is 1. The maximum Gasteiger partial charge on any atom is 0.255 e. The fraction of sp³-hybridized carbons (Fsp3) is 0.400. The van der Waals surface area contributed by atoms with Crippen LogP contribution in [-0.2, 0) is 10.0 Å². The van der Waals surface area contributed by atoms with Crippen LogP contribution in [0.3, 0.4) is 0 Å². The Morgan fingerprint density at radius 2 is 1.78 bits per heavy atom. The van der Waals surface area contributed by atoms with E-state index in [1.54, 1.807) is 35.4 Å². The molecule has 1 fully saturated rings. The molecule has 0 spiro atoms. The number of pyridine rings is 1. The van der Waals surface area contributed by atoms with Gasteiger partial charge < -0.3 is 4.90 Å². The Bertz CT molecular complexity index is 874. The molecule has 0 N–H and O–H groups in total. The third-order valence-electron chi connectivity index (χ3n) is 5.13. The molecule has 6 nitrogen and oxygen atoms in total. The van der Waals surface area contributed by atoms with Crippen LogP contribution in [0.25, 0.3) is 0 Å². The van der Waals surface area contributed by atoms with Gasteiger partial charge in [0.2, 0.25) is 10.0 Å². The molecule has 0 bridgehead atoms. The maximum atomic E-state index is 12.9. The summed E-state index contributed by atoms with van der Waals surface area (Å²) < 4.78 is 27.3. The van der Waals surface area contributed by atoms with Crippen LogP contribution in [0.1, 0.15) is 42.1 Å². The van der Waals surface area contributed by atoms with E-state index in [1.165, 1.54) is 10.5 Å². The summed E-state index contributed by atoms with van der Waals surface area (Å²) in [6, 6.07) is 10.6. The van der Waals surface area contributed by atoms with E-state index in [4.69, 9.17) is 0 Å². The summed E-state index contributed by atoms with van der Waals surface area (Å²) in [4.78, 5) is 18.4. The zero-order valence-corrected chi connectivity index (χ0v) is 16.5. The van der Waals surface area contributed by atoms with Crippen LogP contribution in [0.2, 0.25) is 0 Å². The monoisotopic (exact) mass is 387 g/mol. The number of sulfonamides is 1. The smallest absolute Gasteiger partial charge is 0.255 e. The summed E-state index contributed by atoms with van der Waals surface area (Å²) in [5.41, 5.74) is 1.66. The van der Waals surface area contributed by atoms with E-state index in [2.05, 4.69) is 18.8 Å². The Morgan fingerprint density at radius 3 is 2.33 bits per heavy atom. The summed E-state index contributed by atoms with van der Waals surface area (Å²) in [6.45, 7) is 5.57. The van der Waals surface area contributed by atoms with Gasteiger partial charge in [-0.3, -0.25) is 9.78 Å². The van der Waals surface area contributed by atoms with Crippen LogP contribution >= 0.6 is 0 Å². The first-order valence-electron chi connectivity index (χ1n) is 9.23. The molecule has 1 aliphatic rings. The average Bonchev–Trinajstić information content (AvgIpc) is 2.73. The Morgan fingerprint density at radius 1 is 1.11 bits per heavy atom. The molecule has 1 saturated heterocycles. The van der Waals surface area contributed by atoms with Gasteiger partial charge in [0.1, 0.15) is 0 Å². The summed E-state index contributed by atoms with van der Waals surface area (Å²) in [5.74, 6) is 0.293. The van der Waals surface area contributed by atoms with E-state index in [0.717, 1.165) is 12.0 Å². The lowest BCUT2D eigenvalue weighted by Gasteiger charge is -2.34. The second-order valence-electron chi connectivity index (χ2n) is 6.82. The first-order valence-corrected chi connectivity index (χ1v) is 10.7. The number of amides is 1. The van der Waals surface area contributed by atoms with Gasteiger partial charge in [0.25, 0.3) is 5.91 Å². The summed E-state index contributed by atoms with van der Waals surface area (Å²) >= 11 is 0. The van der Waals surface area contributed by atoms with Crippen LogP contribution in [0.5, 0.6) is 0 Å². The predicted octanol–water partition coefficient (Wildman–Crippen LogP) is 2.74. The second-order valence-corrected chi connectivity index (χ2v) is 8.75. The lowest BCUT2D eigenvalue weighted by Crippen LogP contribution is -2.50. The van der Waals surface area contributed by atoms with E-state index in [-0.39, 0.29) is 5.91 Å². The molecular formula is C20H25N3O3S. The Labute approximate surface area is 160 Å². The van der Waals surface area contributed by atoms with Gasteiger partial charge >= 0.3 is 0 Å². The van der Waals surface area contributed by atoms with Crippen molar-refractivity contribution in [1.29, 1.82) is 0 Å². The van der Waals surface area contributed by atoms with E-state index in [0.29, 0.717) is 42.6 Å². The van der Waals surface area contributed by atoms with Crippen molar-refractivity contribution in [3.8, 4) is 0 Å². The number of hydrogen-bond acceptors (Lipinski definition) is 4. The van der Waals surface area contributed by atoms with E-state index < -0.39 is 10.0 Å². The van der Waals surface area contributed by atoms with Crippen molar-refractivity contribution in [3.63, 3.8) is 0 Å². The number of carbonyl (C=O) groups is 1. The first kappa shape index (κ1) is 19.5. The molecule has 0 aliphatic carbocycles. The van der Waals surface area contributed by atoms with Crippen LogP contribution in [0, 0.1) is 0 Å². The summed E-state index contributed by atoms with van der Waals surface area (Å²) in [6.07, 6.45) is 4.16. The number of hydrogen-bond donors (Lipinski definition) is 0. The molecule has 0 saturated carbocycles. The molecule has 2 aromatic rings. The van der Waals surface area contributed by atoms with E-state index in [1.807, 2.05) is 12.1 Å². The average molecular weight is 388 g/mol. The molecule has 1 aromatic heterocycles. The van der Waals surface area contributed by atoms with E-state index in [9.17, 15) is 13.2 Å². The fourth-order valence-corrected chi connectivity index (χ4v) is 4.58. The molecule has 1 amide bonds. The van der Waals surface area contributed by atoms with Crippen LogP contribution in [0.15, 0.2) is 53.7 Å². The first-order chi connectivity index (χ1) is 12.9. The van der Waals surface area contributed by atoms with Gasteiger partial charge in [-0.15, -0.1) is 0 Å². The fourth-order valence-electron chi connectivity index (χ4n) is 3.16. The highest BCUT2D eigenvalue weighted by molar-refractivity contribution is 7.89. The van der Waals surface area contributed by atoms with Crippen molar-refractivity contribution in [1.82, 2.24) is 14.2 Å². The van der Waals surface area contributed by atoms with Crippen molar-refractivity contribution >= 4 is 15.9 Å². The lowest BCUT2D eigenvalue weighted by molar-refractivity contribution is 0.0697. The molecule has 1 atom stereocenters. The predicted molar refractivity (Wildman–Crippen MR) is 104 cm³/mol. The molecular weight excluding hydrogens is 362 g/mol. The minimum absolute atomic E-state index is 0.113. The standard InChI is InChI=1S/C20H25N3O3S/c1-3-16(2)17-6-8-19(9-7-17)27(25,26)23-13-11-22(12-14-23)20(24)18-5-4-10-21-15-18/h4-10,15-16H,3,11-14H2,1-2H3/t16-/m0/s1. The zero-order chi connectivity index (χ0) is 19.4. The van der Waals surface area contributed by atoms with Crippen molar-refractivity contribution in [2.45, 2.75) is 31.1 Å². The number of aromatic nitrogens is 1. The molecule has 0 unspecified atom stereocenters. The number of nitrogens with zero attached hydrogens (tertiary/aromatic N) is 3. The normalized spacial score (nSPS) is 16.9. The van der Waals surface area contributed by atoms with Crippen LogP contribution in [0.4, 0.5) is 0 Å². The largest absolute Gasteiger partial charge is 0.336 e. The van der Waals surface area contributed by atoms with Gasteiger partial charge in [-0.2, -0.15) is 4.31 Å². The van der Waals surface area contributed by atoms with Crippen molar-refractivity contribution in [3.05, 3.63) is 59.9 Å². The number of benzene rings is 1.